The minimum absolute atomic E-state index is 0. The van der Waals surface area contributed by atoms with Crippen LogP contribution in [0.15, 0.2) is 0 Å². The fraction of sp³-hybridized carbons (Fsp3) is 1.00. The maximum absolute atomic E-state index is 8.52. The Labute approximate surface area is 101 Å². The van der Waals surface area contributed by atoms with E-state index in [-0.39, 0.29) is 1.43 Å². The highest BCUT2D eigenvalue weighted by Gasteiger charge is 2.18. The number of quaternary nitrogens is 1. The van der Waals surface area contributed by atoms with Gasteiger partial charge in [0.1, 0.15) is 0 Å². The van der Waals surface area contributed by atoms with Gasteiger partial charge in [0.05, 0.1) is 26.2 Å². The van der Waals surface area contributed by atoms with Gasteiger partial charge < -0.3 is 13.6 Å². The quantitative estimate of drug-likeness (QED) is 0.408. The van der Waals surface area contributed by atoms with E-state index in [1.54, 1.807) is 0 Å². The Bertz CT molecular complexity index is 237. The van der Waals surface area contributed by atoms with E-state index >= 15 is 0 Å². The summed E-state index contributed by atoms with van der Waals surface area (Å²) in [6.45, 7) is 14.5. The Balaban J connectivity index is -0.000000280. The fourth-order valence-electron chi connectivity index (χ4n) is 1.64. The summed E-state index contributed by atoms with van der Waals surface area (Å²) in [4.78, 5) is 0. The van der Waals surface area contributed by atoms with Crippen molar-refractivity contribution in [2.24, 2.45) is 0 Å². The van der Waals surface area contributed by atoms with Crippen molar-refractivity contribution < 1.29 is 23.4 Å². The van der Waals surface area contributed by atoms with Crippen molar-refractivity contribution in [2.75, 3.05) is 26.2 Å². The lowest BCUT2D eigenvalue weighted by atomic mass is 10.2. The first-order chi connectivity index (χ1) is 7.24. The highest BCUT2D eigenvalue weighted by molar-refractivity contribution is 7.79. The molecule has 0 unspecified atom stereocenters. The van der Waals surface area contributed by atoms with Gasteiger partial charge >= 0.3 is 1.43 Å². The van der Waals surface area contributed by atoms with Crippen LogP contribution in [0.1, 0.15) is 42.0 Å². The molecule has 0 radical (unpaired) electrons. The molecule has 0 aliphatic rings. The van der Waals surface area contributed by atoms with E-state index in [1.165, 1.54) is 43.5 Å². The summed E-state index contributed by atoms with van der Waals surface area (Å²) in [5, 5.41) is 0. The first-order valence-electron chi connectivity index (χ1n) is 5.76. The molecule has 0 bridgehead atoms. The van der Waals surface area contributed by atoms with Gasteiger partial charge in [-0.25, -0.2) is 0 Å². The van der Waals surface area contributed by atoms with Crippen LogP contribution >= 0.6 is 0 Å². The molecule has 0 fully saturated rings. The van der Waals surface area contributed by atoms with Crippen LogP contribution in [0.2, 0.25) is 0 Å². The normalized spacial score (nSPS) is 11.9. The molecule has 5 nitrogen and oxygen atoms in total. The molecule has 0 amide bonds. The fourth-order valence-corrected chi connectivity index (χ4v) is 1.64. The van der Waals surface area contributed by atoms with Crippen LogP contribution in [0.25, 0.3) is 0 Å². The highest BCUT2D eigenvalue weighted by atomic mass is 32.3. The number of hydrogen-bond donors (Lipinski definition) is 0. The topological polar surface area (TPSA) is 80.3 Å². The SMILES string of the molecule is CCCC[N+](CC)(CC)CC.O=S(=O)([O-])[O-].[H+]. The van der Waals surface area contributed by atoms with E-state index in [0.29, 0.717) is 0 Å². The number of unbranched alkanes of at least 4 members (excludes halogenated alkanes) is 1. The van der Waals surface area contributed by atoms with Crippen LogP contribution in [0.5, 0.6) is 0 Å². The lowest BCUT2D eigenvalue weighted by molar-refractivity contribution is -0.923. The van der Waals surface area contributed by atoms with Gasteiger partial charge in [-0.05, 0) is 27.2 Å². The van der Waals surface area contributed by atoms with Crippen LogP contribution in [0.3, 0.4) is 0 Å². The van der Waals surface area contributed by atoms with E-state index in [2.05, 4.69) is 27.7 Å². The van der Waals surface area contributed by atoms with Crippen molar-refractivity contribution in [2.45, 2.75) is 40.5 Å². The molecule has 0 atom stereocenters. The molecule has 16 heavy (non-hydrogen) atoms. The van der Waals surface area contributed by atoms with E-state index < -0.39 is 10.4 Å². The van der Waals surface area contributed by atoms with Crippen molar-refractivity contribution >= 4 is 10.4 Å². The van der Waals surface area contributed by atoms with Crippen LogP contribution in [0, 0.1) is 0 Å². The van der Waals surface area contributed by atoms with Crippen LogP contribution in [-0.4, -0.2) is 48.2 Å². The first-order valence-corrected chi connectivity index (χ1v) is 7.09. The summed E-state index contributed by atoms with van der Waals surface area (Å²) in [7, 11) is -5.17. The van der Waals surface area contributed by atoms with Crippen molar-refractivity contribution in [3.8, 4) is 0 Å². The van der Waals surface area contributed by atoms with Gasteiger partial charge in [0.15, 0.2) is 0 Å². The third-order valence-electron chi connectivity index (χ3n) is 3.00. The van der Waals surface area contributed by atoms with Gasteiger partial charge in [0, 0.05) is 10.4 Å². The van der Waals surface area contributed by atoms with Gasteiger partial charge in [-0.1, -0.05) is 13.3 Å². The second kappa shape index (κ2) is 8.92. The van der Waals surface area contributed by atoms with E-state index in [0.717, 1.165) is 0 Å². The number of hydrogen-bond acceptors (Lipinski definition) is 4. The zero-order valence-corrected chi connectivity index (χ0v) is 11.5. The maximum Gasteiger partial charge on any atom is 1.00 e. The predicted octanol–water partition coefficient (Wildman–Crippen LogP) is 1.44. The lowest BCUT2D eigenvalue weighted by Gasteiger charge is -2.35. The van der Waals surface area contributed by atoms with Crippen molar-refractivity contribution in [1.82, 2.24) is 0 Å². The Hall–Kier alpha value is -0.170. The first kappa shape index (κ1) is 18.2. The zero-order valence-electron chi connectivity index (χ0n) is 11.7. The molecule has 0 aliphatic heterocycles. The van der Waals surface area contributed by atoms with Crippen molar-refractivity contribution in [1.29, 1.82) is 0 Å². The van der Waals surface area contributed by atoms with Gasteiger partial charge in [-0.15, -0.1) is 0 Å². The molecule has 0 saturated heterocycles. The van der Waals surface area contributed by atoms with Gasteiger partial charge in [0.25, 0.3) is 0 Å². The molecule has 0 aromatic rings. The third-order valence-corrected chi connectivity index (χ3v) is 3.00. The van der Waals surface area contributed by atoms with Crippen LogP contribution in [-0.2, 0) is 10.4 Å². The summed E-state index contributed by atoms with van der Waals surface area (Å²) in [6, 6.07) is 0. The molecule has 0 spiro atoms. The van der Waals surface area contributed by atoms with Crippen LogP contribution in [0.4, 0.5) is 0 Å². The van der Waals surface area contributed by atoms with Gasteiger partial charge in [0.2, 0.25) is 0 Å². The number of rotatable bonds is 6. The molecule has 100 valence electrons. The Kier molecular flexibility index (Phi) is 10.2. The van der Waals surface area contributed by atoms with Gasteiger partial charge in [-0.3, -0.25) is 8.42 Å². The van der Waals surface area contributed by atoms with E-state index in [1.807, 2.05) is 0 Å². The molecule has 6 heteroatoms. The Morgan fingerprint density at radius 1 is 1.00 bits per heavy atom. The van der Waals surface area contributed by atoms with E-state index in [9.17, 15) is 0 Å². The predicted molar refractivity (Wildman–Crippen MR) is 63.2 cm³/mol. The summed E-state index contributed by atoms with van der Waals surface area (Å²) in [5.41, 5.74) is 0. The zero-order chi connectivity index (χ0) is 13.2. The molecule has 0 aromatic carbocycles. The highest BCUT2D eigenvalue weighted by Crippen LogP contribution is 2.07. The van der Waals surface area contributed by atoms with Crippen molar-refractivity contribution in [3.63, 3.8) is 0 Å². The minimum atomic E-state index is -5.17. The average molecular weight is 255 g/mol. The average Bonchev–Trinajstić information content (AvgIpc) is 2.19. The molecule has 0 saturated carbocycles. The second-order valence-electron chi connectivity index (χ2n) is 3.78. The summed E-state index contributed by atoms with van der Waals surface area (Å²) in [6.07, 6.45) is 2.72. The molecule has 0 heterocycles. The van der Waals surface area contributed by atoms with E-state index in [4.69, 9.17) is 17.5 Å². The summed E-state index contributed by atoms with van der Waals surface area (Å²) in [5.74, 6) is 0. The van der Waals surface area contributed by atoms with Crippen LogP contribution < -0.4 is 0 Å². The molecule has 0 aromatic heterocycles. The number of nitrogens with zero attached hydrogens (tertiary/aromatic N) is 1. The van der Waals surface area contributed by atoms with Crippen molar-refractivity contribution in [3.05, 3.63) is 0 Å². The standard InChI is InChI=1S/C10H24N.H2O4S/c1-5-9-10-11(6-2,7-3)8-4;1-5(2,3)4/h5-10H2,1-4H3;(H2,1,2,3,4)/q+1;/p-1. The molecular weight excluding hydrogens is 230 g/mol. The maximum atomic E-state index is 8.52. The molecule has 0 rings (SSSR count). The third kappa shape index (κ3) is 11.9. The molecular formula is C10H25NO4S. The Morgan fingerprint density at radius 2 is 1.31 bits per heavy atom. The summed E-state index contributed by atoms with van der Waals surface area (Å²) >= 11 is 0. The van der Waals surface area contributed by atoms with Gasteiger partial charge in [-0.2, -0.15) is 0 Å². The lowest BCUT2D eigenvalue weighted by Crippen LogP contribution is -2.48. The molecule has 0 N–H and O–H groups in total. The largest absolute Gasteiger partial charge is 1.00 e. The second-order valence-corrected chi connectivity index (χ2v) is 4.59. The smallest absolute Gasteiger partial charge is 0.759 e. The molecule has 0 aliphatic carbocycles. The Morgan fingerprint density at radius 3 is 1.50 bits per heavy atom. The monoisotopic (exact) mass is 255 g/mol. The summed E-state index contributed by atoms with van der Waals surface area (Å²) < 4.78 is 35.4. The minimum Gasteiger partial charge on any atom is -0.759 e.